The molecule has 7 heteroatoms. The van der Waals surface area contributed by atoms with E-state index in [2.05, 4.69) is 0 Å². The van der Waals surface area contributed by atoms with Gasteiger partial charge in [-0.15, -0.1) is 0 Å². The van der Waals surface area contributed by atoms with Gasteiger partial charge >= 0.3 is 0 Å². The zero-order chi connectivity index (χ0) is 21.8. The maximum absolute atomic E-state index is 13.2. The summed E-state index contributed by atoms with van der Waals surface area (Å²) in [6, 6.07) is 24.0. The van der Waals surface area contributed by atoms with Crippen molar-refractivity contribution in [1.82, 2.24) is 9.79 Å². The van der Waals surface area contributed by atoms with Crippen LogP contribution in [-0.4, -0.2) is 36.1 Å². The Labute approximate surface area is 182 Å². The van der Waals surface area contributed by atoms with Crippen LogP contribution in [0.25, 0.3) is 11.1 Å². The summed E-state index contributed by atoms with van der Waals surface area (Å²) in [5.41, 5.74) is 6.23. The van der Waals surface area contributed by atoms with Gasteiger partial charge in [0, 0.05) is 6.54 Å². The van der Waals surface area contributed by atoms with Crippen molar-refractivity contribution in [3.05, 3.63) is 95.6 Å². The highest BCUT2D eigenvalue weighted by Crippen LogP contribution is 2.32. The first kappa shape index (κ1) is 21.2. The van der Waals surface area contributed by atoms with E-state index in [4.69, 9.17) is 0 Å². The van der Waals surface area contributed by atoms with Crippen LogP contribution in [0, 0.1) is 0 Å². The summed E-state index contributed by atoms with van der Waals surface area (Å²) < 4.78 is 27.5. The average molecular weight is 437 g/mol. The standard InChI is InChI=1S/C24H24N2O4S/c27-24(25-28)23-22-9-5-4-8-21(22)14-16-26(23)31(29,30)17-15-18-10-12-20(13-11-18)19-6-2-1-3-7-19/h1-13,23,28H,14-17H2,(H,25,27). The summed E-state index contributed by atoms with van der Waals surface area (Å²) >= 11 is 0. The van der Waals surface area contributed by atoms with Gasteiger partial charge in [-0.25, -0.2) is 13.9 Å². The number of hydroxylamine groups is 1. The lowest BCUT2D eigenvalue weighted by molar-refractivity contribution is -0.133. The van der Waals surface area contributed by atoms with E-state index in [0.29, 0.717) is 18.4 Å². The molecule has 4 rings (SSSR count). The molecule has 0 aromatic heterocycles. The Kier molecular flexibility index (Phi) is 6.18. The number of rotatable bonds is 6. The maximum Gasteiger partial charge on any atom is 0.266 e. The molecule has 3 aromatic rings. The van der Waals surface area contributed by atoms with E-state index in [-0.39, 0.29) is 12.3 Å². The zero-order valence-corrected chi connectivity index (χ0v) is 17.8. The molecule has 0 fully saturated rings. The molecule has 1 aliphatic heterocycles. The third-order valence-electron chi connectivity index (χ3n) is 5.66. The number of benzene rings is 3. The molecule has 0 radical (unpaired) electrons. The lowest BCUT2D eigenvalue weighted by Crippen LogP contribution is -2.47. The number of aryl methyl sites for hydroxylation is 1. The number of amides is 1. The lowest BCUT2D eigenvalue weighted by atomic mass is 9.94. The minimum Gasteiger partial charge on any atom is -0.289 e. The van der Waals surface area contributed by atoms with Crippen LogP contribution in [0.2, 0.25) is 0 Å². The smallest absolute Gasteiger partial charge is 0.266 e. The number of carbonyl (C=O) groups excluding carboxylic acids is 1. The summed E-state index contributed by atoms with van der Waals surface area (Å²) in [7, 11) is -3.73. The Balaban J connectivity index is 1.51. The second kappa shape index (κ2) is 9.01. The molecule has 31 heavy (non-hydrogen) atoms. The van der Waals surface area contributed by atoms with E-state index in [1.54, 1.807) is 17.6 Å². The molecule has 1 unspecified atom stereocenters. The van der Waals surface area contributed by atoms with Crippen molar-refractivity contribution in [1.29, 1.82) is 0 Å². The molecule has 0 bridgehead atoms. The molecule has 0 saturated carbocycles. The van der Waals surface area contributed by atoms with Gasteiger partial charge in [0.05, 0.1) is 5.75 Å². The zero-order valence-electron chi connectivity index (χ0n) is 16.9. The first-order valence-electron chi connectivity index (χ1n) is 10.2. The third-order valence-corrected chi connectivity index (χ3v) is 7.49. The van der Waals surface area contributed by atoms with E-state index >= 15 is 0 Å². The van der Waals surface area contributed by atoms with Gasteiger partial charge in [-0.05, 0) is 40.7 Å². The SMILES string of the molecule is O=C(NO)C1c2ccccc2CCN1S(=O)(=O)CCc1ccc(-c2ccccc2)cc1. The Morgan fingerprint density at radius 2 is 1.58 bits per heavy atom. The van der Waals surface area contributed by atoms with Gasteiger partial charge < -0.3 is 0 Å². The van der Waals surface area contributed by atoms with Crippen LogP contribution in [0.15, 0.2) is 78.9 Å². The van der Waals surface area contributed by atoms with Crippen LogP contribution in [0.1, 0.15) is 22.7 Å². The Morgan fingerprint density at radius 3 is 2.29 bits per heavy atom. The highest BCUT2D eigenvalue weighted by molar-refractivity contribution is 7.89. The second-order valence-corrected chi connectivity index (χ2v) is 9.61. The molecule has 0 aliphatic carbocycles. The van der Waals surface area contributed by atoms with Gasteiger partial charge in [0.15, 0.2) is 0 Å². The van der Waals surface area contributed by atoms with E-state index in [1.807, 2.05) is 66.7 Å². The quantitative estimate of drug-likeness (QED) is 0.458. The van der Waals surface area contributed by atoms with Crippen LogP contribution in [-0.2, 0) is 27.7 Å². The fourth-order valence-corrected chi connectivity index (χ4v) is 5.66. The van der Waals surface area contributed by atoms with Crippen molar-refractivity contribution >= 4 is 15.9 Å². The Bertz CT molecular complexity index is 1160. The molecule has 160 valence electrons. The van der Waals surface area contributed by atoms with Gasteiger partial charge in [0.2, 0.25) is 10.0 Å². The fourth-order valence-electron chi connectivity index (χ4n) is 4.03. The van der Waals surface area contributed by atoms with Gasteiger partial charge in [0.25, 0.3) is 5.91 Å². The summed E-state index contributed by atoms with van der Waals surface area (Å²) in [5.74, 6) is -0.863. The largest absolute Gasteiger partial charge is 0.289 e. The van der Waals surface area contributed by atoms with Gasteiger partial charge in [-0.3, -0.25) is 10.0 Å². The van der Waals surface area contributed by atoms with Crippen LogP contribution in [0.5, 0.6) is 0 Å². The molecule has 1 heterocycles. The molecular weight excluding hydrogens is 412 g/mol. The minimum absolute atomic E-state index is 0.116. The molecule has 2 N–H and O–H groups in total. The number of carbonyl (C=O) groups is 1. The van der Waals surface area contributed by atoms with Crippen molar-refractivity contribution in [3.63, 3.8) is 0 Å². The van der Waals surface area contributed by atoms with Crippen LogP contribution in [0.3, 0.4) is 0 Å². The minimum atomic E-state index is -3.73. The predicted octanol–water partition coefficient (Wildman–Crippen LogP) is 3.33. The second-order valence-electron chi connectivity index (χ2n) is 7.57. The number of fused-ring (bicyclic) bond motifs is 1. The molecule has 3 aromatic carbocycles. The predicted molar refractivity (Wildman–Crippen MR) is 119 cm³/mol. The topological polar surface area (TPSA) is 86.7 Å². The molecule has 0 spiro atoms. The fraction of sp³-hybridized carbons (Fsp3) is 0.208. The number of sulfonamides is 1. The Morgan fingerprint density at radius 1 is 0.935 bits per heavy atom. The molecule has 6 nitrogen and oxygen atoms in total. The van der Waals surface area contributed by atoms with E-state index in [0.717, 1.165) is 22.3 Å². The Hall–Kier alpha value is -3.00. The summed E-state index contributed by atoms with van der Waals surface area (Å²) in [4.78, 5) is 12.4. The lowest BCUT2D eigenvalue weighted by Gasteiger charge is -2.34. The molecule has 1 aliphatic rings. The first-order chi connectivity index (χ1) is 15.0. The van der Waals surface area contributed by atoms with E-state index < -0.39 is 22.0 Å². The first-order valence-corrected chi connectivity index (χ1v) is 11.8. The van der Waals surface area contributed by atoms with Crippen LogP contribution < -0.4 is 5.48 Å². The normalized spacial score (nSPS) is 16.5. The summed E-state index contributed by atoms with van der Waals surface area (Å²) in [6.45, 7) is 0.199. The van der Waals surface area contributed by atoms with Crippen LogP contribution >= 0.6 is 0 Å². The van der Waals surface area contributed by atoms with Crippen molar-refractivity contribution in [2.45, 2.75) is 18.9 Å². The van der Waals surface area contributed by atoms with E-state index in [9.17, 15) is 18.4 Å². The van der Waals surface area contributed by atoms with Crippen molar-refractivity contribution in [2.75, 3.05) is 12.3 Å². The number of nitrogens with zero attached hydrogens (tertiary/aromatic N) is 1. The monoisotopic (exact) mass is 436 g/mol. The van der Waals surface area contributed by atoms with Gasteiger partial charge in [-0.1, -0.05) is 78.9 Å². The number of hydrogen-bond acceptors (Lipinski definition) is 4. The maximum atomic E-state index is 13.2. The third kappa shape index (κ3) is 4.54. The summed E-state index contributed by atoms with van der Waals surface area (Å²) in [6.07, 6.45) is 0.861. The number of hydrogen-bond donors (Lipinski definition) is 2. The van der Waals surface area contributed by atoms with E-state index in [1.165, 1.54) is 4.31 Å². The molecule has 0 saturated heterocycles. The molecular formula is C24H24N2O4S. The van der Waals surface area contributed by atoms with Gasteiger partial charge in [-0.2, -0.15) is 4.31 Å². The average Bonchev–Trinajstić information content (AvgIpc) is 2.82. The van der Waals surface area contributed by atoms with Crippen molar-refractivity contribution < 1.29 is 18.4 Å². The van der Waals surface area contributed by atoms with Crippen molar-refractivity contribution in [3.8, 4) is 11.1 Å². The van der Waals surface area contributed by atoms with Crippen molar-refractivity contribution in [2.24, 2.45) is 0 Å². The highest BCUT2D eigenvalue weighted by Gasteiger charge is 2.39. The summed E-state index contributed by atoms with van der Waals surface area (Å²) in [5, 5.41) is 9.20. The van der Waals surface area contributed by atoms with Gasteiger partial charge in [0.1, 0.15) is 6.04 Å². The molecule has 1 atom stereocenters. The molecule has 1 amide bonds. The van der Waals surface area contributed by atoms with Crippen LogP contribution in [0.4, 0.5) is 0 Å². The highest BCUT2D eigenvalue weighted by atomic mass is 32.2. The number of nitrogens with one attached hydrogen (secondary N) is 1.